The lowest BCUT2D eigenvalue weighted by atomic mass is 9.82. The summed E-state index contributed by atoms with van der Waals surface area (Å²) in [5, 5.41) is 8.22. The van der Waals surface area contributed by atoms with Gasteiger partial charge in [-0.05, 0) is 19.1 Å². The van der Waals surface area contributed by atoms with Crippen LogP contribution in [0.2, 0.25) is 0 Å². The van der Waals surface area contributed by atoms with E-state index in [1.807, 2.05) is 30.0 Å². The van der Waals surface area contributed by atoms with Crippen molar-refractivity contribution in [3.05, 3.63) is 48.6 Å². The second kappa shape index (κ2) is 5.08. The first kappa shape index (κ1) is 13.7. The van der Waals surface area contributed by atoms with Gasteiger partial charge >= 0.3 is 0 Å². The van der Waals surface area contributed by atoms with Crippen LogP contribution in [-0.2, 0) is 5.41 Å². The molecule has 1 aliphatic rings. The van der Waals surface area contributed by atoms with E-state index in [2.05, 4.69) is 25.1 Å². The smallest absolute Gasteiger partial charge is 0.266 e. The Morgan fingerprint density at radius 1 is 1.13 bits per heavy atom. The Bertz CT molecular complexity index is 813. The summed E-state index contributed by atoms with van der Waals surface area (Å²) < 4.78 is 18.6. The fraction of sp³-hybridized carbons (Fsp3) is 0.267. The van der Waals surface area contributed by atoms with E-state index in [4.69, 9.17) is 4.42 Å². The highest BCUT2D eigenvalue weighted by Crippen LogP contribution is 2.36. The highest BCUT2D eigenvalue weighted by Gasteiger charge is 2.45. The topological polar surface area (TPSA) is 80.8 Å². The number of anilines is 1. The summed E-state index contributed by atoms with van der Waals surface area (Å²) in [6, 6.07) is 5.52. The highest BCUT2D eigenvalue weighted by atomic mass is 19.1. The van der Waals surface area contributed by atoms with Crippen molar-refractivity contribution in [2.45, 2.75) is 12.3 Å². The van der Waals surface area contributed by atoms with E-state index in [0.29, 0.717) is 36.4 Å². The van der Waals surface area contributed by atoms with Gasteiger partial charge in [0.15, 0.2) is 0 Å². The van der Waals surface area contributed by atoms with Crippen LogP contribution in [0.4, 0.5) is 10.2 Å². The minimum absolute atomic E-state index is 0.268. The van der Waals surface area contributed by atoms with Crippen LogP contribution in [0, 0.1) is 5.95 Å². The fourth-order valence-corrected chi connectivity index (χ4v) is 2.62. The molecule has 1 aliphatic heterocycles. The maximum absolute atomic E-state index is 12.8. The predicted octanol–water partition coefficient (Wildman–Crippen LogP) is 1.84. The summed E-state index contributed by atoms with van der Waals surface area (Å²) in [6.45, 7) is 3.34. The molecule has 0 amide bonds. The largest absolute Gasteiger partial charge is 0.419 e. The second-order valence-electron chi connectivity index (χ2n) is 5.74. The minimum atomic E-state index is -0.589. The predicted molar refractivity (Wildman–Crippen MR) is 79.1 cm³/mol. The molecule has 4 rings (SSSR count). The molecule has 0 aliphatic carbocycles. The summed E-state index contributed by atoms with van der Waals surface area (Å²) in [4.78, 5) is 13.8. The quantitative estimate of drug-likeness (QED) is 0.730. The minimum Gasteiger partial charge on any atom is -0.419 e. The molecule has 0 saturated carbocycles. The maximum atomic E-state index is 12.8. The van der Waals surface area contributed by atoms with Gasteiger partial charge < -0.3 is 9.32 Å². The number of aromatic nitrogens is 5. The van der Waals surface area contributed by atoms with E-state index in [1.54, 1.807) is 6.20 Å². The molecule has 7 nitrogen and oxygen atoms in total. The first-order valence-corrected chi connectivity index (χ1v) is 7.12. The van der Waals surface area contributed by atoms with Crippen LogP contribution in [0.1, 0.15) is 12.8 Å². The third-order valence-corrected chi connectivity index (χ3v) is 3.84. The van der Waals surface area contributed by atoms with Crippen LogP contribution < -0.4 is 4.90 Å². The van der Waals surface area contributed by atoms with Crippen LogP contribution in [0.15, 0.2) is 41.2 Å². The Labute approximate surface area is 131 Å². The second-order valence-corrected chi connectivity index (χ2v) is 5.74. The van der Waals surface area contributed by atoms with E-state index in [9.17, 15) is 4.39 Å². The normalized spacial score (nSPS) is 16.2. The van der Waals surface area contributed by atoms with Gasteiger partial charge in [0.05, 0.1) is 17.8 Å². The third kappa shape index (κ3) is 2.41. The lowest BCUT2D eigenvalue weighted by molar-refractivity contribution is 0.283. The summed E-state index contributed by atoms with van der Waals surface area (Å²) in [5.74, 6) is 1.01. The molecular formula is C15H13FN6O. The van der Waals surface area contributed by atoms with E-state index in [1.165, 1.54) is 6.20 Å². The average Bonchev–Trinajstić information content (AvgIpc) is 3.04. The molecule has 0 radical (unpaired) electrons. The molecule has 0 N–H and O–H groups in total. The molecular weight excluding hydrogens is 299 g/mol. The Morgan fingerprint density at radius 2 is 2.00 bits per heavy atom. The lowest BCUT2D eigenvalue weighted by Crippen LogP contribution is -2.58. The van der Waals surface area contributed by atoms with Gasteiger partial charge in [0.25, 0.3) is 5.89 Å². The Kier molecular flexibility index (Phi) is 3.03. The summed E-state index contributed by atoms with van der Waals surface area (Å²) in [5.41, 5.74) is 0.381. The van der Waals surface area contributed by atoms with Gasteiger partial charge in [-0.15, -0.1) is 10.2 Å². The Balaban J connectivity index is 1.51. The van der Waals surface area contributed by atoms with E-state index < -0.39 is 5.95 Å². The number of nitrogens with zero attached hydrogens (tertiary/aromatic N) is 6. The van der Waals surface area contributed by atoms with Crippen molar-refractivity contribution in [1.82, 2.24) is 25.1 Å². The van der Waals surface area contributed by atoms with Crippen molar-refractivity contribution in [1.29, 1.82) is 0 Å². The first-order valence-electron chi connectivity index (χ1n) is 7.12. The van der Waals surface area contributed by atoms with Gasteiger partial charge in [0, 0.05) is 19.3 Å². The van der Waals surface area contributed by atoms with Crippen LogP contribution >= 0.6 is 0 Å². The molecule has 0 aromatic carbocycles. The number of halogens is 1. The van der Waals surface area contributed by atoms with Crippen molar-refractivity contribution >= 4 is 5.82 Å². The van der Waals surface area contributed by atoms with Crippen molar-refractivity contribution < 1.29 is 8.81 Å². The van der Waals surface area contributed by atoms with E-state index >= 15 is 0 Å². The van der Waals surface area contributed by atoms with Gasteiger partial charge in [-0.1, -0.05) is 6.07 Å². The molecule has 8 heteroatoms. The maximum Gasteiger partial charge on any atom is 0.266 e. The summed E-state index contributed by atoms with van der Waals surface area (Å²) >= 11 is 0. The molecule has 3 aromatic rings. The molecule has 3 aromatic heterocycles. The van der Waals surface area contributed by atoms with Crippen molar-refractivity contribution in [2.75, 3.05) is 18.0 Å². The fourth-order valence-electron chi connectivity index (χ4n) is 2.62. The molecule has 0 atom stereocenters. The number of hydrogen-bond acceptors (Lipinski definition) is 7. The zero-order chi connectivity index (χ0) is 15.9. The van der Waals surface area contributed by atoms with Crippen molar-refractivity contribution in [3.63, 3.8) is 0 Å². The number of rotatable bonds is 3. The highest BCUT2D eigenvalue weighted by molar-refractivity contribution is 5.47. The van der Waals surface area contributed by atoms with Gasteiger partial charge in [-0.2, -0.15) is 4.39 Å². The standard InChI is InChI=1S/C15H13FN6O/c1-15(8-22(9-15)12-7-18-11(16)6-19-12)14-21-20-13(23-14)10-4-2-3-5-17-10/h2-7H,8-9H2,1H3. The molecule has 0 spiro atoms. The molecule has 1 saturated heterocycles. The number of pyridine rings is 1. The van der Waals surface area contributed by atoms with Gasteiger partial charge in [-0.25, -0.2) is 9.97 Å². The van der Waals surface area contributed by atoms with Gasteiger partial charge in [0.1, 0.15) is 11.5 Å². The molecule has 1 fully saturated rings. The van der Waals surface area contributed by atoms with Gasteiger partial charge in [-0.3, -0.25) is 4.98 Å². The summed E-state index contributed by atoms with van der Waals surface area (Å²) in [7, 11) is 0. The first-order chi connectivity index (χ1) is 11.1. The van der Waals surface area contributed by atoms with Crippen molar-refractivity contribution in [3.8, 4) is 11.6 Å². The number of hydrogen-bond donors (Lipinski definition) is 0. The monoisotopic (exact) mass is 312 g/mol. The van der Waals surface area contributed by atoms with Gasteiger partial charge in [0.2, 0.25) is 11.8 Å². The van der Waals surface area contributed by atoms with Crippen LogP contribution in [-0.4, -0.2) is 38.2 Å². The van der Waals surface area contributed by atoms with Crippen LogP contribution in [0.5, 0.6) is 0 Å². The molecule has 116 valence electrons. The SMILES string of the molecule is CC1(c2nnc(-c3ccccn3)o2)CN(c2cnc(F)cn2)C1. The molecule has 0 unspecified atom stereocenters. The third-order valence-electron chi connectivity index (χ3n) is 3.84. The Morgan fingerprint density at radius 3 is 2.70 bits per heavy atom. The van der Waals surface area contributed by atoms with E-state index in [-0.39, 0.29) is 5.41 Å². The molecule has 0 bridgehead atoms. The van der Waals surface area contributed by atoms with E-state index in [0.717, 1.165) is 6.20 Å². The average molecular weight is 312 g/mol. The zero-order valence-electron chi connectivity index (χ0n) is 12.3. The van der Waals surface area contributed by atoms with Crippen LogP contribution in [0.25, 0.3) is 11.6 Å². The molecule has 23 heavy (non-hydrogen) atoms. The van der Waals surface area contributed by atoms with Crippen molar-refractivity contribution in [2.24, 2.45) is 0 Å². The molecule has 4 heterocycles. The summed E-state index contributed by atoms with van der Waals surface area (Å²) in [6.07, 6.45) is 4.21. The lowest BCUT2D eigenvalue weighted by Gasteiger charge is -2.46. The van der Waals surface area contributed by atoms with Crippen LogP contribution in [0.3, 0.4) is 0 Å². The zero-order valence-corrected chi connectivity index (χ0v) is 12.3. The Hall–Kier alpha value is -2.90.